The lowest BCUT2D eigenvalue weighted by Crippen LogP contribution is -2.54. The maximum absolute atomic E-state index is 12.5. The van der Waals surface area contributed by atoms with Crippen molar-refractivity contribution in [3.63, 3.8) is 0 Å². The molecule has 5 aliphatic rings. The monoisotopic (exact) mass is 368 g/mol. The van der Waals surface area contributed by atoms with Gasteiger partial charge in [0.2, 0.25) is 0 Å². The van der Waals surface area contributed by atoms with Crippen molar-refractivity contribution in [1.29, 1.82) is 0 Å². The zero-order valence-corrected chi connectivity index (χ0v) is 16.5. The second kappa shape index (κ2) is 6.89. The fourth-order valence-corrected chi connectivity index (χ4v) is 6.79. The number of hydrogen-bond donors (Lipinski definition) is 1. The fraction of sp³-hybridized carbons (Fsp3) is 0.696. The molecule has 4 aliphatic carbocycles. The molecule has 27 heavy (non-hydrogen) atoms. The molecule has 1 atom stereocenters. The van der Waals surface area contributed by atoms with Crippen LogP contribution >= 0.6 is 0 Å². The van der Waals surface area contributed by atoms with Crippen LogP contribution in [0.5, 0.6) is 5.75 Å². The zero-order valence-electron chi connectivity index (χ0n) is 16.5. The number of ether oxygens (including phenoxy) is 1. The van der Waals surface area contributed by atoms with Gasteiger partial charge in [-0.05, 0) is 86.4 Å². The maximum atomic E-state index is 12.5. The molecule has 1 aliphatic heterocycles. The topological polar surface area (TPSA) is 41.6 Å². The number of Topliss-reactive ketones (excluding diaryl/α,β-unsaturated/α-hetero) is 1. The van der Waals surface area contributed by atoms with Crippen molar-refractivity contribution in [2.45, 2.75) is 50.0 Å². The Kier molecular flexibility index (Phi) is 4.52. The van der Waals surface area contributed by atoms with Crippen LogP contribution in [0.1, 0.15) is 44.1 Å². The van der Waals surface area contributed by atoms with Gasteiger partial charge in [0, 0.05) is 19.6 Å². The molecule has 4 nitrogen and oxygen atoms in total. The summed E-state index contributed by atoms with van der Waals surface area (Å²) >= 11 is 0. The lowest BCUT2D eigenvalue weighted by molar-refractivity contribution is -0.126. The maximum Gasteiger partial charge on any atom is 0.188 e. The van der Waals surface area contributed by atoms with E-state index in [-0.39, 0.29) is 18.4 Å². The number of carbonyl (C=O) groups is 1. The minimum absolute atomic E-state index is 0.0648. The first-order chi connectivity index (χ1) is 13.1. The second-order valence-corrected chi connectivity index (χ2v) is 9.68. The Morgan fingerprint density at radius 2 is 1.74 bits per heavy atom. The Morgan fingerprint density at radius 1 is 1.11 bits per heavy atom. The lowest BCUT2D eigenvalue weighted by Gasteiger charge is -2.57. The minimum atomic E-state index is -0.0648. The summed E-state index contributed by atoms with van der Waals surface area (Å²) in [5, 5.41) is 3.30. The molecule has 1 unspecified atom stereocenters. The van der Waals surface area contributed by atoms with E-state index in [9.17, 15) is 4.79 Å². The van der Waals surface area contributed by atoms with Gasteiger partial charge in [-0.3, -0.25) is 9.69 Å². The summed E-state index contributed by atoms with van der Waals surface area (Å²) < 4.78 is 5.84. The van der Waals surface area contributed by atoms with E-state index in [1.54, 1.807) is 0 Å². The standard InChI is InChI=1S/C23H32N2O2/c1-25-7-6-24-14-21(25)22(26)15-27-20-4-2-19(3-5-20)23-11-16-8-17(12-23)10-18(9-16)13-23/h2-5,16-18,21,24H,6-15H2,1H3. The number of likely N-dealkylation sites (N-methyl/N-ethyl adjacent to an activating group) is 1. The van der Waals surface area contributed by atoms with Crippen LogP contribution < -0.4 is 10.1 Å². The number of nitrogens with one attached hydrogen (secondary N) is 1. The predicted molar refractivity (Wildman–Crippen MR) is 106 cm³/mol. The number of nitrogens with zero attached hydrogens (tertiary/aromatic N) is 1. The van der Waals surface area contributed by atoms with Gasteiger partial charge in [-0.2, -0.15) is 0 Å². The minimum Gasteiger partial charge on any atom is -0.486 e. The van der Waals surface area contributed by atoms with E-state index in [4.69, 9.17) is 4.74 Å². The molecule has 1 saturated heterocycles. The van der Waals surface area contributed by atoms with Crippen LogP contribution in [0.25, 0.3) is 0 Å². The van der Waals surface area contributed by atoms with Gasteiger partial charge >= 0.3 is 0 Å². The van der Waals surface area contributed by atoms with E-state index in [0.29, 0.717) is 5.41 Å². The summed E-state index contributed by atoms with van der Waals surface area (Å²) in [5.74, 6) is 3.88. The highest BCUT2D eigenvalue weighted by atomic mass is 16.5. The molecule has 0 amide bonds. The molecule has 6 rings (SSSR count). The molecule has 1 heterocycles. The Bertz CT molecular complexity index is 664. The molecule has 4 bridgehead atoms. The van der Waals surface area contributed by atoms with Gasteiger partial charge in [0.05, 0.1) is 6.04 Å². The van der Waals surface area contributed by atoms with E-state index >= 15 is 0 Å². The van der Waals surface area contributed by atoms with Crippen molar-refractivity contribution in [1.82, 2.24) is 10.2 Å². The van der Waals surface area contributed by atoms with Gasteiger partial charge in [-0.15, -0.1) is 0 Å². The molecule has 1 aromatic rings. The second-order valence-electron chi connectivity index (χ2n) is 9.68. The van der Waals surface area contributed by atoms with Gasteiger partial charge in [0.1, 0.15) is 12.4 Å². The van der Waals surface area contributed by atoms with Crippen molar-refractivity contribution in [3.05, 3.63) is 29.8 Å². The first kappa shape index (κ1) is 17.7. The van der Waals surface area contributed by atoms with Crippen molar-refractivity contribution in [2.75, 3.05) is 33.3 Å². The summed E-state index contributed by atoms with van der Waals surface area (Å²) in [5.41, 5.74) is 1.94. The van der Waals surface area contributed by atoms with Gasteiger partial charge < -0.3 is 10.1 Å². The van der Waals surface area contributed by atoms with E-state index in [0.717, 1.165) is 43.1 Å². The number of hydrogen-bond acceptors (Lipinski definition) is 4. The Balaban J connectivity index is 1.23. The van der Waals surface area contributed by atoms with Crippen LogP contribution in [-0.4, -0.2) is 50.0 Å². The number of carbonyl (C=O) groups excluding carboxylic acids is 1. The van der Waals surface area contributed by atoms with Gasteiger partial charge in [-0.1, -0.05) is 12.1 Å². The lowest BCUT2D eigenvalue weighted by atomic mass is 9.48. The highest BCUT2D eigenvalue weighted by Gasteiger charge is 2.51. The largest absolute Gasteiger partial charge is 0.486 e. The third-order valence-electron chi connectivity index (χ3n) is 7.77. The van der Waals surface area contributed by atoms with Gasteiger partial charge in [0.25, 0.3) is 0 Å². The molecule has 1 N–H and O–H groups in total. The summed E-state index contributed by atoms with van der Waals surface area (Å²) in [6, 6.07) is 8.67. The SMILES string of the molecule is CN1CCNCC1C(=O)COc1ccc(C23CC4CC(CC(C4)C2)C3)cc1. The van der Waals surface area contributed by atoms with Crippen molar-refractivity contribution in [2.24, 2.45) is 17.8 Å². The first-order valence-corrected chi connectivity index (χ1v) is 10.8. The van der Waals surface area contributed by atoms with Crippen molar-refractivity contribution in [3.8, 4) is 5.75 Å². The van der Waals surface area contributed by atoms with Gasteiger partial charge in [0.15, 0.2) is 5.78 Å². The van der Waals surface area contributed by atoms with Crippen LogP contribution in [0.4, 0.5) is 0 Å². The zero-order chi connectivity index (χ0) is 18.4. The summed E-state index contributed by atoms with van der Waals surface area (Å²) in [6.45, 7) is 2.75. The average Bonchev–Trinajstić information content (AvgIpc) is 2.66. The third kappa shape index (κ3) is 3.31. The van der Waals surface area contributed by atoms with Crippen molar-refractivity contribution < 1.29 is 9.53 Å². The number of ketones is 1. The van der Waals surface area contributed by atoms with E-state index in [1.165, 1.54) is 44.1 Å². The van der Waals surface area contributed by atoms with Gasteiger partial charge in [-0.25, -0.2) is 0 Å². The number of piperazine rings is 1. The van der Waals surface area contributed by atoms with E-state index in [2.05, 4.69) is 34.5 Å². The summed E-state index contributed by atoms with van der Waals surface area (Å²) in [7, 11) is 2.02. The molecular formula is C23H32N2O2. The number of benzene rings is 1. The molecule has 5 fully saturated rings. The Labute approximate surface area is 162 Å². The first-order valence-electron chi connectivity index (χ1n) is 10.8. The molecule has 0 radical (unpaired) electrons. The quantitative estimate of drug-likeness (QED) is 0.868. The molecule has 146 valence electrons. The fourth-order valence-electron chi connectivity index (χ4n) is 6.79. The van der Waals surface area contributed by atoms with Crippen LogP contribution in [0, 0.1) is 17.8 Å². The van der Waals surface area contributed by atoms with Crippen LogP contribution in [0.2, 0.25) is 0 Å². The highest BCUT2D eigenvalue weighted by Crippen LogP contribution is 2.60. The summed E-state index contributed by atoms with van der Waals surface area (Å²) in [6.07, 6.45) is 8.60. The highest BCUT2D eigenvalue weighted by molar-refractivity contribution is 5.85. The third-order valence-corrected chi connectivity index (χ3v) is 7.77. The van der Waals surface area contributed by atoms with Crippen molar-refractivity contribution >= 4 is 5.78 Å². The smallest absolute Gasteiger partial charge is 0.188 e. The average molecular weight is 369 g/mol. The Morgan fingerprint density at radius 3 is 2.33 bits per heavy atom. The molecule has 0 aromatic heterocycles. The molecule has 4 saturated carbocycles. The molecule has 0 spiro atoms. The van der Waals surface area contributed by atoms with Crippen LogP contribution in [0.3, 0.4) is 0 Å². The van der Waals surface area contributed by atoms with Crippen LogP contribution in [-0.2, 0) is 10.2 Å². The van der Waals surface area contributed by atoms with E-state index < -0.39 is 0 Å². The summed E-state index contributed by atoms with van der Waals surface area (Å²) in [4.78, 5) is 14.6. The molecule has 4 heteroatoms. The normalized spacial score (nSPS) is 38.1. The molecule has 1 aromatic carbocycles. The predicted octanol–water partition coefficient (Wildman–Crippen LogP) is 3.01. The van der Waals surface area contributed by atoms with E-state index in [1.807, 2.05) is 7.05 Å². The Hall–Kier alpha value is -1.39. The molecular weight excluding hydrogens is 336 g/mol. The van der Waals surface area contributed by atoms with Crippen LogP contribution in [0.15, 0.2) is 24.3 Å². The number of rotatable bonds is 5.